The van der Waals surface area contributed by atoms with E-state index >= 15 is 0 Å². The number of halogens is 1. The Hall–Kier alpha value is -2.16. The Labute approximate surface area is 185 Å². The number of amides is 2. The molecule has 2 N–H and O–H groups in total. The fourth-order valence-electron chi connectivity index (χ4n) is 3.99. The van der Waals surface area contributed by atoms with E-state index in [-0.39, 0.29) is 17.7 Å². The van der Waals surface area contributed by atoms with E-state index in [0.29, 0.717) is 23.8 Å². The minimum Gasteiger partial charge on any atom is -0.359 e. The lowest BCUT2D eigenvalue weighted by Gasteiger charge is -2.31. The van der Waals surface area contributed by atoms with Gasteiger partial charge in [0, 0.05) is 36.6 Å². The Kier molecular flexibility index (Phi) is 6.55. The summed E-state index contributed by atoms with van der Waals surface area (Å²) in [6.07, 6.45) is 1.67. The van der Waals surface area contributed by atoms with Gasteiger partial charge in [-0.2, -0.15) is 0 Å². The molecule has 30 heavy (non-hydrogen) atoms. The summed E-state index contributed by atoms with van der Waals surface area (Å²) in [5, 5.41) is 9.55. The van der Waals surface area contributed by atoms with Crippen LogP contribution in [0.5, 0.6) is 0 Å². The zero-order chi connectivity index (χ0) is 21.1. The SMILES string of the molecule is Cc1nc(CN2CCC(C(=O)Nc3ccc(N4CCNC(=O)C4)c(Cl)c3)CC2)cs1. The number of nitrogens with one attached hydrogen (secondary N) is 2. The Morgan fingerprint density at radius 3 is 2.80 bits per heavy atom. The number of piperazine rings is 1. The highest BCUT2D eigenvalue weighted by Crippen LogP contribution is 2.30. The molecule has 9 heteroatoms. The van der Waals surface area contributed by atoms with Crippen LogP contribution in [0.3, 0.4) is 0 Å². The maximum absolute atomic E-state index is 12.7. The molecule has 0 radical (unpaired) electrons. The molecule has 1 aromatic carbocycles. The van der Waals surface area contributed by atoms with Gasteiger partial charge in [-0.25, -0.2) is 4.98 Å². The number of benzene rings is 1. The topological polar surface area (TPSA) is 77.6 Å². The fourth-order valence-corrected chi connectivity index (χ4v) is 4.90. The highest BCUT2D eigenvalue weighted by Gasteiger charge is 2.26. The Balaban J connectivity index is 1.30. The molecular weight excluding hydrogens is 422 g/mol. The molecule has 0 unspecified atom stereocenters. The monoisotopic (exact) mass is 447 g/mol. The van der Waals surface area contributed by atoms with Gasteiger partial charge in [0.2, 0.25) is 11.8 Å². The number of aryl methyl sites for hydroxylation is 1. The third-order valence-corrected chi connectivity index (χ3v) is 6.73. The van der Waals surface area contributed by atoms with Crippen LogP contribution in [-0.4, -0.2) is 54.4 Å². The zero-order valence-electron chi connectivity index (χ0n) is 17.0. The predicted molar refractivity (Wildman–Crippen MR) is 120 cm³/mol. The quantitative estimate of drug-likeness (QED) is 0.736. The van der Waals surface area contributed by atoms with E-state index in [0.717, 1.165) is 55.4 Å². The smallest absolute Gasteiger partial charge is 0.239 e. The molecule has 0 bridgehead atoms. The first-order valence-electron chi connectivity index (χ1n) is 10.2. The minimum atomic E-state index is -0.00838. The van der Waals surface area contributed by atoms with E-state index in [1.165, 1.54) is 0 Å². The molecule has 2 fully saturated rings. The second kappa shape index (κ2) is 9.32. The van der Waals surface area contributed by atoms with Gasteiger partial charge in [0.1, 0.15) is 0 Å². The van der Waals surface area contributed by atoms with E-state index in [1.54, 1.807) is 17.4 Å². The molecule has 3 heterocycles. The summed E-state index contributed by atoms with van der Waals surface area (Å²) in [5.41, 5.74) is 2.62. The van der Waals surface area contributed by atoms with Crippen LogP contribution in [0.25, 0.3) is 0 Å². The molecule has 1 aromatic heterocycles. The van der Waals surface area contributed by atoms with Crippen LogP contribution < -0.4 is 15.5 Å². The molecule has 0 saturated carbocycles. The number of nitrogens with zero attached hydrogens (tertiary/aromatic N) is 3. The highest BCUT2D eigenvalue weighted by molar-refractivity contribution is 7.09. The van der Waals surface area contributed by atoms with Crippen molar-refractivity contribution in [1.82, 2.24) is 15.2 Å². The van der Waals surface area contributed by atoms with Crippen LogP contribution in [0.4, 0.5) is 11.4 Å². The van der Waals surface area contributed by atoms with Crippen LogP contribution >= 0.6 is 22.9 Å². The van der Waals surface area contributed by atoms with Crippen LogP contribution in [0.15, 0.2) is 23.6 Å². The lowest BCUT2D eigenvalue weighted by molar-refractivity contribution is -0.121. The van der Waals surface area contributed by atoms with Crippen LogP contribution in [0, 0.1) is 12.8 Å². The molecular formula is C21H26ClN5O2S. The first kappa shape index (κ1) is 21.1. The largest absolute Gasteiger partial charge is 0.359 e. The average Bonchev–Trinajstić information content (AvgIpc) is 3.13. The molecule has 2 amide bonds. The van der Waals surface area contributed by atoms with E-state index in [1.807, 2.05) is 24.0 Å². The van der Waals surface area contributed by atoms with Crippen molar-refractivity contribution < 1.29 is 9.59 Å². The number of anilines is 2. The molecule has 4 rings (SSSR count). The summed E-state index contributed by atoms with van der Waals surface area (Å²) >= 11 is 8.12. The van der Waals surface area contributed by atoms with Gasteiger partial charge in [0.05, 0.1) is 28.0 Å². The van der Waals surface area contributed by atoms with Crippen molar-refractivity contribution in [2.75, 3.05) is 42.9 Å². The van der Waals surface area contributed by atoms with Crippen LogP contribution in [0.1, 0.15) is 23.5 Å². The molecule has 160 valence electrons. The van der Waals surface area contributed by atoms with Crippen LogP contribution in [0.2, 0.25) is 5.02 Å². The van der Waals surface area contributed by atoms with E-state index in [2.05, 4.69) is 25.9 Å². The molecule has 2 saturated heterocycles. The Morgan fingerprint density at radius 2 is 2.13 bits per heavy atom. The number of rotatable bonds is 5. The number of thiazole rings is 1. The van der Waals surface area contributed by atoms with Gasteiger partial charge in [0.25, 0.3) is 0 Å². The Morgan fingerprint density at radius 1 is 1.33 bits per heavy atom. The highest BCUT2D eigenvalue weighted by atomic mass is 35.5. The van der Waals surface area contributed by atoms with Gasteiger partial charge >= 0.3 is 0 Å². The maximum Gasteiger partial charge on any atom is 0.239 e. The lowest BCUT2D eigenvalue weighted by atomic mass is 9.95. The third-order valence-electron chi connectivity index (χ3n) is 5.60. The number of carbonyl (C=O) groups excluding carboxylic acids is 2. The van der Waals surface area contributed by atoms with Crippen molar-refractivity contribution in [1.29, 1.82) is 0 Å². The summed E-state index contributed by atoms with van der Waals surface area (Å²) in [4.78, 5) is 33.2. The summed E-state index contributed by atoms with van der Waals surface area (Å²) in [6, 6.07) is 5.49. The standard InChI is InChI=1S/C21H26ClN5O2S/c1-14-24-17(13-30-14)11-26-7-4-15(5-8-26)21(29)25-16-2-3-19(18(22)10-16)27-9-6-23-20(28)12-27/h2-3,10,13,15H,4-9,11-12H2,1H3,(H,23,28)(H,25,29). The van der Waals surface area contributed by atoms with Crippen molar-refractivity contribution >= 4 is 46.1 Å². The first-order valence-corrected chi connectivity index (χ1v) is 11.5. The summed E-state index contributed by atoms with van der Waals surface area (Å²) < 4.78 is 0. The number of aromatic nitrogens is 1. The van der Waals surface area contributed by atoms with Crippen molar-refractivity contribution in [2.45, 2.75) is 26.3 Å². The third kappa shape index (κ3) is 5.11. The van der Waals surface area contributed by atoms with E-state index in [9.17, 15) is 9.59 Å². The van der Waals surface area contributed by atoms with E-state index in [4.69, 9.17) is 11.6 Å². The van der Waals surface area contributed by atoms with Crippen molar-refractivity contribution in [3.63, 3.8) is 0 Å². The molecule has 0 aliphatic carbocycles. The summed E-state index contributed by atoms with van der Waals surface area (Å²) in [7, 11) is 0. The van der Waals surface area contributed by atoms with Crippen LogP contribution in [-0.2, 0) is 16.1 Å². The van der Waals surface area contributed by atoms with Gasteiger partial charge in [-0.05, 0) is 51.1 Å². The van der Waals surface area contributed by atoms with E-state index < -0.39 is 0 Å². The second-order valence-corrected chi connectivity index (χ2v) is 9.30. The van der Waals surface area contributed by atoms with Crippen molar-refractivity contribution in [2.24, 2.45) is 5.92 Å². The first-order chi connectivity index (χ1) is 14.5. The van der Waals surface area contributed by atoms with Gasteiger partial charge in [0.15, 0.2) is 0 Å². The fraction of sp³-hybridized carbons (Fsp3) is 0.476. The molecule has 2 aliphatic heterocycles. The van der Waals surface area contributed by atoms with Gasteiger partial charge in [-0.15, -0.1) is 11.3 Å². The van der Waals surface area contributed by atoms with Gasteiger partial charge in [-0.3, -0.25) is 14.5 Å². The summed E-state index contributed by atoms with van der Waals surface area (Å²) in [6.45, 7) is 6.28. The van der Waals surface area contributed by atoms with Gasteiger partial charge < -0.3 is 15.5 Å². The van der Waals surface area contributed by atoms with Crippen molar-refractivity contribution in [3.05, 3.63) is 39.3 Å². The maximum atomic E-state index is 12.7. The Bertz CT molecular complexity index is 926. The predicted octanol–water partition coefficient (Wildman–Crippen LogP) is 2.89. The molecule has 0 spiro atoms. The minimum absolute atomic E-state index is 0.00247. The number of carbonyl (C=O) groups is 2. The summed E-state index contributed by atoms with van der Waals surface area (Å²) in [5.74, 6) is 0.0361. The number of hydrogen-bond donors (Lipinski definition) is 2. The molecule has 7 nitrogen and oxygen atoms in total. The number of likely N-dealkylation sites (tertiary alicyclic amines) is 1. The molecule has 2 aromatic rings. The average molecular weight is 448 g/mol. The molecule has 0 atom stereocenters. The van der Waals surface area contributed by atoms with Crippen molar-refractivity contribution in [3.8, 4) is 0 Å². The number of piperidine rings is 1. The normalized spacial score (nSPS) is 18.3. The zero-order valence-corrected chi connectivity index (χ0v) is 18.6. The molecule has 2 aliphatic rings. The second-order valence-electron chi connectivity index (χ2n) is 7.84. The number of hydrogen-bond acceptors (Lipinski definition) is 6. The van der Waals surface area contributed by atoms with Gasteiger partial charge in [-0.1, -0.05) is 11.6 Å². The lowest BCUT2D eigenvalue weighted by Crippen LogP contribution is -2.47.